The van der Waals surface area contributed by atoms with E-state index in [1.807, 2.05) is 6.07 Å². The predicted octanol–water partition coefficient (Wildman–Crippen LogP) is 1.28. The van der Waals surface area contributed by atoms with Crippen LogP contribution in [0.25, 0.3) is 0 Å². The molecule has 80 valence electrons. The van der Waals surface area contributed by atoms with Crippen LogP contribution < -0.4 is 5.48 Å². The third-order valence-corrected chi connectivity index (χ3v) is 1.77. The van der Waals surface area contributed by atoms with Gasteiger partial charge in [-0.15, -0.1) is 0 Å². The molecule has 0 radical (unpaired) electrons. The van der Waals surface area contributed by atoms with Crippen molar-refractivity contribution < 1.29 is 19.5 Å². The monoisotopic (exact) mass is 209 g/mol. The lowest BCUT2D eigenvalue weighted by molar-refractivity contribution is -0.155. The van der Waals surface area contributed by atoms with Crippen molar-refractivity contribution in [2.45, 2.75) is 6.92 Å². The van der Waals surface area contributed by atoms with Crippen molar-refractivity contribution in [1.29, 1.82) is 0 Å². The Kier molecular flexibility index (Phi) is 3.68. The quantitative estimate of drug-likeness (QED) is 0.577. The summed E-state index contributed by atoms with van der Waals surface area (Å²) in [7, 11) is 0. The molecule has 0 unspecified atom stereocenters. The van der Waals surface area contributed by atoms with Crippen LogP contribution in [0.5, 0.6) is 0 Å². The van der Waals surface area contributed by atoms with E-state index in [2.05, 4.69) is 10.3 Å². The van der Waals surface area contributed by atoms with Gasteiger partial charge in [0.25, 0.3) is 0 Å². The zero-order chi connectivity index (χ0) is 11.3. The standard InChI is InChI=1S/C10H11NO4/c1-7(9(12)13)10(14)15-11-8-5-3-2-4-6-8/h2-7,11H,1H3,(H,12,13)/t7-/m0/s1. The molecule has 0 saturated carbocycles. The maximum Gasteiger partial charge on any atom is 0.345 e. The number of carboxylic acids is 1. The van der Waals surface area contributed by atoms with Crippen molar-refractivity contribution >= 4 is 17.6 Å². The van der Waals surface area contributed by atoms with Crippen LogP contribution in [0.15, 0.2) is 30.3 Å². The lowest BCUT2D eigenvalue weighted by Gasteiger charge is -2.08. The minimum Gasteiger partial charge on any atom is -0.481 e. The van der Waals surface area contributed by atoms with Crippen LogP contribution in [-0.2, 0) is 14.4 Å². The molecule has 0 aliphatic carbocycles. The first kappa shape index (κ1) is 11.0. The smallest absolute Gasteiger partial charge is 0.345 e. The molecule has 2 N–H and O–H groups in total. The molecule has 15 heavy (non-hydrogen) atoms. The van der Waals surface area contributed by atoms with Gasteiger partial charge in [-0.3, -0.25) is 4.79 Å². The van der Waals surface area contributed by atoms with E-state index < -0.39 is 17.9 Å². The molecular weight excluding hydrogens is 198 g/mol. The molecule has 0 aliphatic heterocycles. The molecular formula is C10H11NO4. The van der Waals surface area contributed by atoms with Gasteiger partial charge in [-0.1, -0.05) is 18.2 Å². The summed E-state index contributed by atoms with van der Waals surface area (Å²) in [6.07, 6.45) is 0. The number of benzene rings is 1. The zero-order valence-electron chi connectivity index (χ0n) is 8.14. The third-order valence-electron chi connectivity index (χ3n) is 1.77. The number of aliphatic carboxylic acids is 1. The second-order valence-electron chi connectivity index (χ2n) is 2.95. The summed E-state index contributed by atoms with van der Waals surface area (Å²) in [5.41, 5.74) is 2.95. The highest BCUT2D eigenvalue weighted by molar-refractivity contribution is 5.93. The number of hydrogen-bond acceptors (Lipinski definition) is 4. The van der Waals surface area contributed by atoms with Crippen LogP contribution in [0.1, 0.15) is 6.92 Å². The summed E-state index contributed by atoms with van der Waals surface area (Å²) in [4.78, 5) is 26.1. The number of hydrogen-bond donors (Lipinski definition) is 2. The highest BCUT2D eigenvalue weighted by Crippen LogP contribution is 2.06. The number of rotatable bonds is 4. The van der Waals surface area contributed by atoms with Gasteiger partial charge in [0, 0.05) is 0 Å². The van der Waals surface area contributed by atoms with Gasteiger partial charge in [0.15, 0.2) is 5.92 Å². The fourth-order valence-corrected chi connectivity index (χ4v) is 0.805. The van der Waals surface area contributed by atoms with Gasteiger partial charge in [0.1, 0.15) is 0 Å². The van der Waals surface area contributed by atoms with Crippen LogP contribution in [0.2, 0.25) is 0 Å². The molecule has 0 amide bonds. The van der Waals surface area contributed by atoms with Crippen molar-refractivity contribution in [3.8, 4) is 0 Å². The highest BCUT2D eigenvalue weighted by Gasteiger charge is 2.22. The fraction of sp³-hybridized carbons (Fsp3) is 0.200. The molecule has 0 saturated heterocycles. The Hall–Kier alpha value is -2.04. The average Bonchev–Trinajstić information content (AvgIpc) is 2.26. The number of carbonyl (C=O) groups excluding carboxylic acids is 1. The number of anilines is 1. The maximum atomic E-state index is 11.1. The van der Waals surface area contributed by atoms with Crippen molar-refractivity contribution in [2.24, 2.45) is 5.92 Å². The van der Waals surface area contributed by atoms with Gasteiger partial charge in [0.05, 0.1) is 5.69 Å². The van der Waals surface area contributed by atoms with E-state index in [0.29, 0.717) is 5.69 Å². The summed E-state index contributed by atoms with van der Waals surface area (Å²) in [6, 6.07) is 8.72. The van der Waals surface area contributed by atoms with Crippen LogP contribution in [0.4, 0.5) is 5.69 Å². The minimum atomic E-state index is -1.21. The lowest BCUT2D eigenvalue weighted by Crippen LogP contribution is -2.24. The average molecular weight is 209 g/mol. The zero-order valence-corrected chi connectivity index (χ0v) is 8.14. The molecule has 0 bridgehead atoms. The largest absolute Gasteiger partial charge is 0.481 e. The molecule has 5 nitrogen and oxygen atoms in total. The van der Waals surface area contributed by atoms with E-state index in [1.165, 1.54) is 6.92 Å². The van der Waals surface area contributed by atoms with Gasteiger partial charge >= 0.3 is 11.9 Å². The van der Waals surface area contributed by atoms with Crippen molar-refractivity contribution in [3.05, 3.63) is 30.3 Å². The highest BCUT2D eigenvalue weighted by atomic mass is 16.7. The Morgan fingerprint density at radius 1 is 1.33 bits per heavy atom. The van der Waals surface area contributed by atoms with Gasteiger partial charge in [-0.2, -0.15) is 0 Å². The molecule has 0 aliphatic rings. The van der Waals surface area contributed by atoms with E-state index in [1.54, 1.807) is 24.3 Å². The maximum absolute atomic E-state index is 11.1. The molecule has 1 rings (SSSR count). The Balaban J connectivity index is 2.44. The van der Waals surface area contributed by atoms with Crippen LogP contribution >= 0.6 is 0 Å². The Morgan fingerprint density at radius 2 is 1.93 bits per heavy atom. The topological polar surface area (TPSA) is 75.6 Å². The molecule has 0 spiro atoms. The molecule has 0 heterocycles. The molecule has 1 aromatic rings. The molecule has 5 heteroatoms. The van der Waals surface area contributed by atoms with Crippen LogP contribution in [-0.4, -0.2) is 17.0 Å². The second kappa shape index (κ2) is 4.99. The second-order valence-corrected chi connectivity index (χ2v) is 2.95. The fourth-order valence-electron chi connectivity index (χ4n) is 0.805. The first-order valence-electron chi connectivity index (χ1n) is 4.36. The van der Waals surface area contributed by atoms with E-state index in [4.69, 9.17) is 5.11 Å². The predicted molar refractivity (Wildman–Crippen MR) is 53.0 cm³/mol. The summed E-state index contributed by atoms with van der Waals surface area (Å²) in [5, 5.41) is 8.52. The number of para-hydroxylation sites is 1. The summed E-state index contributed by atoms with van der Waals surface area (Å²) < 4.78 is 0. The molecule has 0 aromatic heterocycles. The third kappa shape index (κ3) is 3.30. The Labute approximate surface area is 86.6 Å². The van der Waals surface area contributed by atoms with E-state index >= 15 is 0 Å². The summed E-state index contributed by atoms with van der Waals surface area (Å²) >= 11 is 0. The van der Waals surface area contributed by atoms with Gasteiger partial charge in [-0.25, -0.2) is 10.3 Å². The Morgan fingerprint density at radius 3 is 2.47 bits per heavy atom. The number of carbonyl (C=O) groups is 2. The van der Waals surface area contributed by atoms with Crippen molar-refractivity contribution in [3.63, 3.8) is 0 Å². The normalized spacial score (nSPS) is 11.5. The first-order chi connectivity index (χ1) is 7.11. The van der Waals surface area contributed by atoms with E-state index in [-0.39, 0.29) is 0 Å². The van der Waals surface area contributed by atoms with Crippen LogP contribution in [0.3, 0.4) is 0 Å². The number of nitrogens with one attached hydrogen (secondary N) is 1. The van der Waals surface area contributed by atoms with Crippen LogP contribution in [0, 0.1) is 5.92 Å². The molecule has 1 aromatic carbocycles. The van der Waals surface area contributed by atoms with E-state index in [9.17, 15) is 9.59 Å². The summed E-state index contributed by atoms with van der Waals surface area (Å²) in [6.45, 7) is 1.26. The first-order valence-corrected chi connectivity index (χ1v) is 4.36. The van der Waals surface area contributed by atoms with Gasteiger partial charge < -0.3 is 9.94 Å². The van der Waals surface area contributed by atoms with Crippen molar-refractivity contribution in [2.75, 3.05) is 5.48 Å². The summed E-state index contributed by atoms with van der Waals surface area (Å²) in [5.74, 6) is -3.22. The minimum absolute atomic E-state index is 0.587. The van der Waals surface area contributed by atoms with Gasteiger partial charge in [0.2, 0.25) is 0 Å². The van der Waals surface area contributed by atoms with Crippen molar-refractivity contribution in [1.82, 2.24) is 0 Å². The number of carboxylic acid groups (broad SMARTS) is 1. The molecule has 0 fully saturated rings. The molecule has 1 atom stereocenters. The van der Waals surface area contributed by atoms with E-state index in [0.717, 1.165) is 0 Å². The SMILES string of the molecule is C[C@@H](C(=O)O)C(=O)ONc1ccccc1. The Bertz CT molecular complexity index is 350. The lowest BCUT2D eigenvalue weighted by atomic mass is 10.2. The van der Waals surface area contributed by atoms with Gasteiger partial charge in [-0.05, 0) is 19.1 Å².